The van der Waals surface area contributed by atoms with Crippen LogP contribution in [0, 0.1) is 5.41 Å². The molecule has 1 aliphatic heterocycles. The Morgan fingerprint density at radius 2 is 1.93 bits per heavy atom. The van der Waals surface area contributed by atoms with Crippen LogP contribution in [0.3, 0.4) is 0 Å². The van der Waals surface area contributed by atoms with Crippen LogP contribution in [0.5, 0.6) is 5.75 Å². The van der Waals surface area contributed by atoms with Crippen molar-refractivity contribution in [3.63, 3.8) is 0 Å². The molecule has 1 aromatic rings. The Balaban J connectivity index is 1.75. The van der Waals surface area contributed by atoms with Gasteiger partial charge in [0.25, 0.3) is 0 Å². The molecular formula is C19H26N4O5. The van der Waals surface area contributed by atoms with E-state index in [0.717, 1.165) is 0 Å². The molecule has 0 unspecified atom stereocenters. The maximum atomic E-state index is 11.7. The number of piperazine rings is 1. The molecule has 0 spiro atoms. The van der Waals surface area contributed by atoms with Crippen LogP contribution in [0.4, 0.5) is 4.79 Å². The van der Waals surface area contributed by atoms with E-state index >= 15 is 0 Å². The number of hydrogen-bond acceptors (Lipinski definition) is 6. The van der Waals surface area contributed by atoms with Crippen molar-refractivity contribution in [2.45, 2.75) is 32.8 Å². The zero-order valence-electron chi connectivity index (χ0n) is 16.3. The lowest BCUT2D eigenvalue weighted by Crippen LogP contribution is -2.52. The normalized spacial score (nSPS) is 14.3. The minimum absolute atomic E-state index is 0.0670. The quantitative estimate of drug-likeness (QED) is 0.292. The summed E-state index contributed by atoms with van der Waals surface area (Å²) in [5.74, 6) is -0.531. The number of ether oxygens (including phenoxy) is 2. The molecular weight excluding hydrogens is 364 g/mol. The van der Waals surface area contributed by atoms with E-state index in [9.17, 15) is 14.4 Å². The van der Waals surface area contributed by atoms with Gasteiger partial charge in [-0.1, -0.05) is 0 Å². The van der Waals surface area contributed by atoms with E-state index in [1.54, 1.807) is 45.0 Å². The molecule has 0 atom stereocenters. The van der Waals surface area contributed by atoms with Crippen molar-refractivity contribution in [1.82, 2.24) is 15.5 Å². The summed E-state index contributed by atoms with van der Waals surface area (Å²) in [6.07, 6.45) is -0.0877. The van der Waals surface area contributed by atoms with Gasteiger partial charge in [-0.15, -0.1) is 0 Å². The third kappa shape index (κ3) is 6.57. The van der Waals surface area contributed by atoms with Crippen LogP contribution >= 0.6 is 0 Å². The Kier molecular flexibility index (Phi) is 6.97. The van der Waals surface area contributed by atoms with Gasteiger partial charge in [-0.25, -0.2) is 4.79 Å². The van der Waals surface area contributed by atoms with Gasteiger partial charge < -0.3 is 19.7 Å². The van der Waals surface area contributed by atoms with Crippen LogP contribution in [0.2, 0.25) is 0 Å². The molecule has 9 heteroatoms. The van der Waals surface area contributed by atoms with Crippen molar-refractivity contribution in [3.05, 3.63) is 29.8 Å². The van der Waals surface area contributed by atoms with Crippen molar-refractivity contribution in [1.29, 1.82) is 5.41 Å². The van der Waals surface area contributed by atoms with E-state index in [0.29, 0.717) is 44.0 Å². The third-order valence-electron chi connectivity index (χ3n) is 3.76. The number of nitrogens with one attached hydrogen (secondary N) is 3. The van der Waals surface area contributed by atoms with Crippen LogP contribution in [0.1, 0.15) is 32.8 Å². The summed E-state index contributed by atoms with van der Waals surface area (Å²) >= 11 is 0. The van der Waals surface area contributed by atoms with Crippen LogP contribution in [0.25, 0.3) is 0 Å². The number of amidine groups is 1. The number of carbonyl (C=O) groups is 3. The number of nitrogens with zero attached hydrogens (tertiary/aromatic N) is 1. The van der Waals surface area contributed by atoms with Crippen LogP contribution in [-0.4, -0.2) is 60.5 Å². The number of benzene rings is 1. The number of rotatable bonds is 6. The standard InChI is InChI=1S/C19H26N4O5/c1-19(2,3)28-18(26)22-15(20)13-5-7-14(8-6-13)27-12-4-10-23-11-9-21-16(24)17(23)25/h5-8H,4,9-12H2,1-3H3,(H,21,24)(H2,20,22,26). The molecule has 9 nitrogen and oxygen atoms in total. The first-order chi connectivity index (χ1) is 13.2. The predicted octanol–water partition coefficient (Wildman–Crippen LogP) is 1.26. The van der Waals surface area contributed by atoms with Gasteiger partial charge >= 0.3 is 17.9 Å². The average molecular weight is 390 g/mol. The SMILES string of the molecule is CC(C)(C)OC(=O)NC(=N)c1ccc(OCCCN2CCNC(=O)C2=O)cc1. The van der Waals surface area contributed by atoms with E-state index in [2.05, 4.69) is 10.6 Å². The molecule has 0 saturated carbocycles. The molecule has 28 heavy (non-hydrogen) atoms. The van der Waals surface area contributed by atoms with E-state index in [-0.39, 0.29) is 5.84 Å². The van der Waals surface area contributed by atoms with Crippen molar-refractivity contribution in [2.24, 2.45) is 0 Å². The second-order valence-electron chi connectivity index (χ2n) is 7.28. The molecule has 1 aliphatic rings. The van der Waals surface area contributed by atoms with Gasteiger partial charge in [0.05, 0.1) is 6.61 Å². The first kappa shape index (κ1) is 21.2. The Morgan fingerprint density at radius 3 is 2.57 bits per heavy atom. The molecule has 0 aliphatic carbocycles. The molecule has 3 N–H and O–H groups in total. The topological polar surface area (TPSA) is 121 Å². The fourth-order valence-corrected chi connectivity index (χ4v) is 2.48. The lowest BCUT2D eigenvalue weighted by Gasteiger charge is -2.26. The highest BCUT2D eigenvalue weighted by molar-refractivity contribution is 6.35. The molecule has 152 valence electrons. The summed E-state index contributed by atoms with van der Waals surface area (Å²) in [6.45, 7) is 7.06. The van der Waals surface area contributed by atoms with Crippen LogP contribution < -0.4 is 15.4 Å². The lowest BCUT2D eigenvalue weighted by atomic mass is 10.2. The van der Waals surface area contributed by atoms with E-state index in [1.807, 2.05) is 0 Å². The monoisotopic (exact) mass is 390 g/mol. The second-order valence-corrected chi connectivity index (χ2v) is 7.28. The molecule has 0 bridgehead atoms. The molecule has 1 fully saturated rings. The number of carbonyl (C=O) groups excluding carboxylic acids is 3. The summed E-state index contributed by atoms with van der Waals surface area (Å²) < 4.78 is 10.7. The van der Waals surface area contributed by atoms with Crippen molar-refractivity contribution in [2.75, 3.05) is 26.2 Å². The number of hydrogen-bond donors (Lipinski definition) is 3. The summed E-state index contributed by atoms with van der Waals surface area (Å²) in [5.41, 5.74) is -0.117. The van der Waals surface area contributed by atoms with Crippen molar-refractivity contribution >= 4 is 23.7 Å². The molecule has 1 saturated heterocycles. The minimum Gasteiger partial charge on any atom is -0.494 e. The van der Waals surface area contributed by atoms with Crippen molar-refractivity contribution in [3.8, 4) is 5.75 Å². The first-order valence-electron chi connectivity index (χ1n) is 9.04. The number of amides is 3. The zero-order valence-corrected chi connectivity index (χ0v) is 16.3. The summed E-state index contributed by atoms with van der Waals surface area (Å²) in [6, 6.07) is 6.71. The lowest BCUT2D eigenvalue weighted by molar-refractivity contribution is -0.148. The van der Waals surface area contributed by atoms with Gasteiger partial charge in [-0.2, -0.15) is 0 Å². The maximum Gasteiger partial charge on any atom is 0.413 e. The summed E-state index contributed by atoms with van der Waals surface area (Å²) in [5, 5.41) is 12.8. The van der Waals surface area contributed by atoms with Crippen LogP contribution in [-0.2, 0) is 14.3 Å². The fourth-order valence-electron chi connectivity index (χ4n) is 2.48. The largest absolute Gasteiger partial charge is 0.494 e. The smallest absolute Gasteiger partial charge is 0.413 e. The first-order valence-corrected chi connectivity index (χ1v) is 9.04. The third-order valence-corrected chi connectivity index (χ3v) is 3.76. The Hall–Kier alpha value is -3.10. The van der Waals surface area contributed by atoms with Gasteiger partial charge in [0.1, 0.15) is 17.2 Å². The highest BCUT2D eigenvalue weighted by atomic mass is 16.6. The number of alkyl carbamates (subject to hydrolysis) is 1. The van der Waals surface area contributed by atoms with E-state index in [4.69, 9.17) is 14.9 Å². The maximum absolute atomic E-state index is 11.7. The van der Waals surface area contributed by atoms with Gasteiger partial charge in [0, 0.05) is 25.2 Å². The minimum atomic E-state index is -0.682. The van der Waals surface area contributed by atoms with E-state index in [1.165, 1.54) is 4.90 Å². The molecule has 3 amide bonds. The molecule has 1 heterocycles. The second kappa shape index (κ2) is 9.20. The van der Waals surface area contributed by atoms with Crippen molar-refractivity contribution < 1.29 is 23.9 Å². The zero-order chi connectivity index (χ0) is 20.7. The Morgan fingerprint density at radius 1 is 1.25 bits per heavy atom. The highest BCUT2D eigenvalue weighted by Gasteiger charge is 2.25. The summed E-state index contributed by atoms with van der Waals surface area (Å²) in [7, 11) is 0. The molecule has 0 radical (unpaired) electrons. The van der Waals surface area contributed by atoms with E-state index < -0.39 is 23.5 Å². The Bertz CT molecular complexity index is 740. The Labute approximate surface area is 163 Å². The fraction of sp³-hybridized carbons (Fsp3) is 0.474. The molecule has 1 aromatic carbocycles. The highest BCUT2D eigenvalue weighted by Crippen LogP contribution is 2.13. The predicted molar refractivity (Wildman–Crippen MR) is 102 cm³/mol. The molecule has 2 rings (SSSR count). The van der Waals surface area contributed by atoms with Gasteiger partial charge in [0.15, 0.2) is 0 Å². The molecule has 0 aromatic heterocycles. The van der Waals surface area contributed by atoms with Gasteiger partial charge in [-0.05, 0) is 51.5 Å². The summed E-state index contributed by atoms with van der Waals surface area (Å²) in [4.78, 5) is 36.2. The van der Waals surface area contributed by atoms with Crippen LogP contribution in [0.15, 0.2) is 24.3 Å². The van der Waals surface area contributed by atoms with Gasteiger partial charge in [0.2, 0.25) is 0 Å². The van der Waals surface area contributed by atoms with Gasteiger partial charge in [-0.3, -0.25) is 20.3 Å². The average Bonchev–Trinajstić information content (AvgIpc) is 2.61.